The Morgan fingerprint density at radius 3 is 2.76 bits per heavy atom. The smallest absolute Gasteiger partial charge is 0.0474 e. The molecule has 0 heterocycles. The molecule has 0 radical (unpaired) electrons. The van der Waals surface area contributed by atoms with Gasteiger partial charge in [0.2, 0.25) is 0 Å². The third-order valence-corrected chi connectivity index (χ3v) is 3.91. The normalized spacial score (nSPS) is 14.6. The van der Waals surface area contributed by atoms with Crippen LogP contribution < -0.4 is 11.3 Å². The summed E-state index contributed by atoms with van der Waals surface area (Å²) >= 11 is 9.57. The highest BCUT2D eigenvalue weighted by Crippen LogP contribution is 2.30. The predicted octanol–water partition coefficient (Wildman–Crippen LogP) is 4.43. The molecule has 0 amide bonds. The van der Waals surface area contributed by atoms with Gasteiger partial charge in [0.25, 0.3) is 0 Å². The standard InChI is InChI=1S/C13H20BrClN2/c1-3-4-9(2)7-13(17-16)11-8-10(15)5-6-12(11)14/h5-6,8-9,13,17H,3-4,7,16H2,1-2H3. The summed E-state index contributed by atoms with van der Waals surface area (Å²) in [6.07, 6.45) is 3.44. The lowest BCUT2D eigenvalue weighted by molar-refractivity contribution is 0.394. The van der Waals surface area contributed by atoms with Gasteiger partial charge in [-0.05, 0) is 36.1 Å². The molecule has 1 aromatic carbocycles. The van der Waals surface area contributed by atoms with E-state index in [1.165, 1.54) is 12.8 Å². The van der Waals surface area contributed by atoms with E-state index in [2.05, 4.69) is 35.2 Å². The molecule has 1 rings (SSSR count). The molecule has 0 aliphatic carbocycles. The van der Waals surface area contributed by atoms with Gasteiger partial charge in [-0.15, -0.1) is 0 Å². The van der Waals surface area contributed by atoms with Crippen LogP contribution in [0, 0.1) is 5.92 Å². The van der Waals surface area contributed by atoms with Crippen molar-refractivity contribution in [1.29, 1.82) is 0 Å². The molecule has 0 aliphatic rings. The molecule has 1 aromatic rings. The third kappa shape index (κ3) is 4.59. The maximum absolute atomic E-state index is 6.03. The van der Waals surface area contributed by atoms with Crippen molar-refractivity contribution < 1.29 is 0 Å². The lowest BCUT2D eigenvalue weighted by Gasteiger charge is -2.21. The van der Waals surface area contributed by atoms with Crippen LogP contribution >= 0.6 is 27.5 Å². The van der Waals surface area contributed by atoms with E-state index in [1.807, 2.05) is 18.2 Å². The number of hydrazine groups is 1. The second-order valence-corrected chi connectivity index (χ2v) is 5.81. The maximum Gasteiger partial charge on any atom is 0.0474 e. The van der Waals surface area contributed by atoms with Gasteiger partial charge >= 0.3 is 0 Å². The van der Waals surface area contributed by atoms with Crippen molar-refractivity contribution in [2.45, 2.75) is 39.2 Å². The second kappa shape index (κ2) is 7.37. The van der Waals surface area contributed by atoms with Crippen LogP contribution in [0.25, 0.3) is 0 Å². The molecular weight excluding hydrogens is 300 g/mol. The lowest BCUT2D eigenvalue weighted by atomic mass is 9.93. The Kier molecular flexibility index (Phi) is 6.49. The molecule has 17 heavy (non-hydrogen) atoms. The summed E-state index contributed by atoms with van der Waals surface area (Å²) in [4.78, 5) is 0. The topological polar surface area (TPSA) is 38.0 Å². The fraction of sp³-hybridized carbons (Fsp3) is 0.538. The Labute approximate surface area is 117 Å². The van der Waals surface area contributed by atoms with E-state index in [4.69, 9.17) is 17.4 Å². The molecular formula is C13H20BrClN2. The Balaban J connectivity index is 2.82. The Morgan fingerprint density at radius 1 is 1.47 bits per heavy atom. The summed E-state index contributed by atoms with van der Waals surface area (Å²) in [5, 5.41) is 0.742. The van der Waals surface area contributed by atoms with E-state index >= 15 is 0 Å². The Hall–Kier alpha value is -0.0900. The van der Waals surface area contributed by atoms with E-state index < -0.39 is 0 Å². The summed E-state index contributed by atoms with van der Waals surface area (Å²) in [6.45, 7) is 4.46. The van der Waals surface area contributed by atoms with Gasteiger partial charge in [0.05, 0.1) is 0 Å². The fourth-order valence-corrected chi connectivity index (χ4v) is 2.78. The van der Waals surface area contributed by atoms with Crippen LogP contribution in [0.1, 0.15) is 44.7 Å². The van der Waals surface area contributed by atoms with Crippen molar-refractivity contribution in [1.82, 2.24) is 5.43 Å². The van der Waals surface area contributed by atoms with Crippen molar-refractivity contribution in [3.63, 3.8) is 0 Å². The van der Waals surface area contributed by atoms with Crippen LogP contribution in [0.4, 0.5) is 0 Å². The van der Waals surface area contributed by atoms with E-state index in [1.54, 1.807) is 0 Å². The molecule has 2 unspecified atom stereocenters. The number of benzene rings is 1. The van der Waals surface area contributed by atoms with Crippen molar-refractivity contribution in [3.8, 4) is 0 Å². The Morgan fingerprint density at radius 2 is 2.18 bits per heavy atom. The minimum atomic E-state index is 0.143. The molecule has 2 nitrogen and oxygen atoms in total. The van der Waals surface area contributed by atoms with Crippen LogP contribution in [-0.4, -0.2) is 0 Å². The summed E-state index contributed by atoms with van der Waals surface area (Å²) in [5.41, 5.74) is 4.01. The SMILES string of the molecule is CCCC(C)CC(NN)c1cc(Cl)ccc1Br. The van der Waals surface area contributed by atoms with Gasteiger partial charge < -0.3 is 0 Å². The van der Waals surface area contributed by atoms with E-state index in [0.29, 0.717) is 5.92 Å². The first-order chi connectivity index (χ1) is 8.08. The molecule has 0 saturated heterocycles. The number of nitrogens with two attached hydrogens (primary N) is 1. The fourth-order valence-electron chi connectivity index (χ4n) is 2.08. The van der Waals surface area contributed by atoms with Gasteiger partial charge in [-0.25, -0.2) is 0 Å². The number of nitrogens with one attached hydrogen (secondary N) is 1. The predicted molar refractivity (Wildman–Crippen MR) is 77.9 cm³/mol. The van der Waals surface area contributed by atoms with Gasteiger partial charge in [-0.1, -0.05) is 54.2 Å². The van der Waals surface area contributed by atoms with Crippen LogP contribution in [0.5, 0.6) is 0 Å². The summed E-state index contributed by atoms with van der Waals surface area (Å²) in [5.74, 6) is 6.30. The summed E-state index contributed by atoms with van der Waals surface area (Å²) < 4.78 is 1.05. The molecule has 0 spiro atoms. The van der Waals surface area contributed by atoms with Crippen molar-refractivity contribution in [2.24, 2.45) is 11.8 Å². The zero-order valence-electron chi connectivity index (χ0n) is 10.3. The van der Waals surface area contributed by atoms with Crippen molar-refractivity contribution in [3.05, 3.63) is 33.3 Å². The van der Waals surface area contributed by atoms with Crippen LogP contribution in [0.15, 0.2) is 22.7 Å². The van der Waals surface area contributed by atoms with Gasteiger partial charge in [-0.3, -0.25) is 11.3 Å². The maximum atomic E-state index is 6.03. The van der Waals surface area contributed by atoms with Gasteiger partial charge in [0, 0.05) is 15.5 Å². The van der Waals surface area contributed by atoms with Gasteiger partial charge in [-0.2, -0.15) is 0 Å². The monoisotopic (exact) mass is 318 g/mol. The van der Waals surface area contributed by atoms with Gasteiger partial charge in [0.1, 0.15) is 0 Å². The lowest BCUT2D eigenvalue weighted by Crippen LogP contribution is -2.29. The van der Waals surface area contributed by atoms with Gasteiger partial charge in [0.15, 0.2) is 0 Å². The molecule has 2 atom stereocenters. The van der Waals surface area contributed by atoms with Crippen LogP contribution in [-0.2, 0) is 0 Å². The third-order valence-electron chi connectivity index (χ3n) is 2.95. The zero-order chi connectivity index (χ0) is 12.8. The first kappa shape index (κ1) is 15.0. The summed E-state index contributed by atoms with van der Waals surface area (Å²) in [7, 11) is 0. The number of rotatable bonds is 6. The van der Waals surface area contributed by atoms with Crippen molar-refractivity contribution >= 4 is 27.5 Å². The van der Waals surface area contributed by atoms with E-state index in [-0.39, 0.29) is 6.04 Å². The highest BCUT2D eigenvalue weighted by molar-refractivity contribution is 9.10. The van der Waals surface area contributed by atoms with E-state index in [0.717, 1.165) is 21.5 Å². The van der Waals surface area contributed by atoms with Crippen LogP contribution in [0.3, 0.4) is 0 Å². The molecule has 0 bridgehead atoms. The number of hydrogen-bond acceptors (Lipinski definition) is 2. The molecule has 0 fully saturated rings. The largest absolute Gasteiger partial charge is 0.271 e. The molecule has 96 valence electrons. The molecule has 3 N–H and O–H groups in total. The number of hydrogen-bond donors (Lipinski definition) is 2. The molecule has 0 saturated carbocycles. The van der Waals surface area contributed by atoms with Crippen molar-refractivity contribution in [2.75, 3.05) is 0 Å². The molecule has 0 aliphatic heterocycles. The molecule has 0 aromatic heterocycles. The quantitative estimate of drug-likeness (QED) is 0.601. The highest BCUT2D eigenvalue weighted by Gasteiger charge is 2.16. The highest BCUT2D eigenvalue weighted by atomic mass is 79.9. The average molecular weight is 320 g/mol. The minimum absolute atomic E-state index is 0.143. The molecule has 4 heteroatoms. The first-order valence-corrected chi connectivity index (χ1v) is 7.16. The Bertz CT molecular complexity index is 357. The number of halogens is 2. The van der Waals surface area contributed by atoms with Crippen LogP contribution in [0.2, 0.25) is 5.02 Å². The first-order valence-electron chi connectivity index (χ1n) is 5.99. The van der Waals surface area contributed by atoms with E-state index in [9.17, 15) is 0 Å². The zero-order valence-corrected chi connectivity index (χ0v) is 12.7. The summed E-state index contributed by atoms with van der Waals surface area (Å²) in [6, 6.07) is 5.95. The minimum Gasteiger partial charge on any atom is -0.271 e. The average Bonchev–Trinajstić information content (AvgIpc) is 2.30. The second-order valence-electron chi connectivity index (χ2n) is 4.51.